The highest BCUT2D eigenvalue weighted by Gasteiger charge is 2.26. The molecule has 1 aliphatic rings. The minimum Gasteiger partial charge on any atom is -0.491 e. The molecule has 1 aromatic carbocycles. The molecule has 7 heteroatoms. The van der Waals surface area contributed by atoms with Crippen LogP contribution in [0, 0.1) is 18.6 Å². The van der Waals surface area contributed by atoms with Gasteiger partial charge in [0.05, 0.1) is 24.5 Å². The van der Waals surface area contributed by atoms with Crippen molar-refractivity contribution in [2.24, 2.45) is 0 Å². The first-order chi connectivity index (χ1) is 13.0. The van der Waals surface area contributed by atoms with Gasteiger partial charge in [0.15, 0.2) is 17.4 Å². The Kier molecular flexibility index (Phi) is 5.88. The molecule has 3 rings (SSSR count). The molecule has 5 nitrogen and oxygen atoms in total. The molecular weight excluding hydrogens is 354 g/mol. The van der Waals surface area contributed by atoms with Crippen molar-refractivity contribution in [3.8, 4) is 11.5 Å². The van der Waals surface area contributed by atoms with Crippen molar-refractivity contribution in [2.75, 3.05) is 7.11 Å². The second-order valence-electron chi connectivity index (χ2n) is 6.59. The maximum Gasteiger partial charge on any atom is 0.254 e. The molecule has 0 aliphatic heterocycles. The van der Waals surface area contributed by atoms with E-state index in [1.54, 1.807) is 6.20 Å². The molecule has 0 unspecified atom stereocenters. The van der Waals surface area contributed by atoms with Crippen LogP contribution < -0.4 is 14.8 Å². The van der Waals surface area contributed by atoms with Gasteiger partial charge in [0.25, 0.3) is 5.91 Å². The summed E-state index contributed by atoms with van der Waals surface area (Å²) >= 11 is 0. The number of methoxy groups -OCH3 is 1. The Bertz CT molecular complexity index is 821. The van der Waals surface area contributed by atoms with E-state index >= 15 is 0 Å². The Balaban J connectivity index is 1.56. The number of carbonyl (C=O) groups is 1. The first-order valence-electron chi connectivity index (χ1n) is 8.90. The maximum absolute atomic E-state index is 14.2. The van der Waals surface area contributed by atoms with E-state index in [0.717, 1.165) is 56.4 Å². The second kappa shape index (κ2) is 8.33. The van der Waals surface area contributed by atoms with Crippen LogP contribution in [0.5, 0.6) is 11.5 Å². The Morgan fingerprint density at radius 1 is 1.19 bits per heavy atom. The third-order valence-electron chi connectivity index (χ3n) is 4.76. The van der Waals surface area contributed by atoms with Crippen molar-refractivity contribution in [1.29, 1.82) is 0 Å². The number of pyridine rings is 1. The average Bonchev–Trinajstić information content (AvgIpc) is 2.65. The lowest BCUT2D eigenvalue weighted by Crippen LogP contribution is -2.40. The van der Waals surface area contributed by atoms with Gasteiger partial charge in [-0.1, -0.05) is 0 Å². The summed E-state index contributed by atoms with van der Waals surface area (Å²) in [6.07, 6.45) is 4.76. The zero-order valence-corrected chi connectivity index (χ0v) is 15.3. The number of nitrogens with one attached hydrogen (secondary N) is 1. The molecular formula is C20H22F2N2O3. The first-order valence-corrected chi connectivity index (χ1v) is 8.90. The second-order valence-corrected chi connectivity index (χ2v) is 6.59. The van der Waals surface area contributed by atoms with Gasteiger partial charge in [0, 0.05) is 12.2 Å². The molecule has 1 aromatic heterocycles. The van der Waals surface area contributed by atoms with Crippen molar-refractivity contribution in [1.82, 2.24) is 10.3 Å². The lowest BCUT2D eigenvalue weighted by atomic mass is 9.92. The van der Waals surface area contributed by atoms with Crippen LogP contribution in [0.3, 0.4) is 0 Å². The smallest absolute Gasteiger partial charge is 0.254 e. The van der Waals surface area contributed by atoms with Crippen LogP contribution in [0.1, 0.15) is 41.7 Å². The number of rotatable bonds is 5. The van der Waals surface area contributed by atoms with Crippen molar-refractivity contribution in [3.05, 3.63) is 53.4 Å². The summed E-state index contributed by atoms with van der Waals surface area (Å²) in [7, 11) is 1.16. The van der Waals surface area contributed by atoms with Crippen LogP contribution in [0.15, 0.2) is 30.5 Å². The molecule has 2 aromatic rings. The van der Waals surface area contributed by atoms with Crippen LogP contribution in [-0.4, -0.2) is 30.1 Å². The molecule has 1 aliphatic carbocycles. The number of ether oxygens (including phenoxy) is 2. The van der Waals surface area contributed by atoms with Crippen LogP contribution in [0.2, 0.25) is 0 Å². The number of hydrogen-bond acceptors (Lipinski definition) is 4. The molecule has 1 N–H and O–H groups in total. The van der Waals surface area contributed by atoms with Crippen LogP contribution >= 0.6 is 0 Å². The predicted octanol–water partition coefficient (Wildman–Crippen LogP) is 3.80. The molecule has 1 saturated carbocycles. The molecule has 0 saturated heterocycles. The number of amides is 1. The number of hydrogen-bond donors (Lipinski definition) is 1. The van der Waals surface area contributed by atoms with E-state index in [9.17, 15) is 13.6 Å². The van der Waals surface area contributed by atoms with Gasteiger partial charge in [0.1, 0.15) is 5.75 Å². The van der Waals surface area contributed by atoms with Gasteiger partial charge in [-0.15, -0.1) is 0 Å². The molecule has 0 spiro atoms. The highest BCUT2D eigenvalue weighted by atomic mass is 19.1. The Morgan fingerprint density at radius 3 is 2.59 bits per heavy atom. The highest BCUT2D eigenvalue weighted by molar-refractivity contribution is 5.95. The SMILES string of the molecule is COc1c(F)ccc(C(=O)NC2CCC(Oc3cccnc3C)CC2)c1F. The van der Waals surface area contributed by atoms with Crippen molar-refractivity contribution in [2.45, 2.75) is 44.8 Å². The largest absolute Gasteiger partial charge is 0.491 e. The Hall–Kier alpha value is -2.70. The number of halogens is 2. The van der Waals surface area contributed by atoms with E-state index in [0.29, 0.717) is 0 Å². The van der Waals surface area contributed by atoms with E-state index in [2.05, 4.69) is 15.0 Å². The molecule has 0 radical (unpaired) electrons. The minimum atomic E-state index is -0.987. The standard InChI is InChI=1S/C20H22F2N2O3/c1-12-17(4-3-11-23-12)27-14-7-5-13(6-8-14)24-20(25)15-9-10-16(21)19(26-2)18(15)22/h3-4,9-11,13-14H,5-8H2,1-2H3,(H,24,25). The summed E-state index contributed by atoms with van der Waals surface area (Å²) in [5, 5.41) is 2.82. The summed E-state index contributed by atoms with van der Waals surface area (Å²) < 4.78 is 38.4. The van der Waals surface area contributed by atoms with Gasteiger partial charge in [-0.2, -0.15) is 0 Å². The Morgan fingerprint density at radius 2 is 1.93 bits per heavy atom. The van der Waals surface area contributed by atoms with Crippen molar-refractivity contribution >= 4 is 5.91 Å². The summed E-state index contributed by atoms with van der Waals surface area (Å²) in [6.45, 7) is 1.90. The Labute approximate surface area is 156 Å². The number of nitrogens with zero attached hydrogens (tertiary/aromatic N) is 1. The number of aryl methyl sites for hydroxylation is 1. The molecule has 144 valence electrons. The molecule has 1 heterocycles. The fraction of sp³-hybridized carbons (Fsp3) is 0.400. The summed E-state index contributed by atoms with van der Waals surface area (Å²) in [5.74, 6) is -2.18. The molecule has 0 atom stereocenters. The monoisotopic (exact) mass is 376 g/mol. The van der Waals surface area contributed by atoms with E-state index in [1.165, 1.54) is 0 Å². The quantitative estimate of drug-likeness (QED) is 0.862. The first kappa shape index (κ1) is 19.1. The number of carbonyl (C=O) groups excluding carboxylic acids is 1. The van der Waals surface area contributed by atoms with Gasteiger partial charge in [0.2, 0.25) is 0 Å². The lowest BCUT2D eigenvalue weighted by molar-refractivity contribution is 0.0888. The van der Waals surface area contributed by atoms with Crippen LogP contribution in [0.25, 0.3) is 0 Å². The van der Waals surface area contributed by atoms with Crippen molar-refractivity contribution in [3.63, 3.8) is 0 Å². The normalized spacial score (nSPS) is 19.4. The predicted molar refractivity (Wildman–Crippen MR) is 96.0 cm³/mol. The van der Waals surface area contributed by atoms with E-state index in [-0.39, 0.29) is 17.7 Å². The molecule has 1 fully saturated rings. The zero-order valence-electron chi connectivity index (χ0n) is 15.3. The van der Waals surface area contributed by atoms with Crippen LogP contribution in [0.4, 0.5) is 8.78 Å². The van der Waals surface area contributed by atoms with Gasteiger partial charge in [-0.25, -0.2) is 8.78 Å². The van der Waals surface area contributed by atoms with E-state index in [4.69, 9.17) is 4.74 Å². The van der Waals surface area contributed by atoms with E-state index < -0.39 is 23.3 Å². The fourth-order valence-electron chi connectivity index (χ4n) is 3.26. The number of aromatic nitrogens is 1. The highest BCUT2D eigenvalue weighted by Crippen LogP contribution is 2.27. The average molecular weight is 376 g/mol. The lowest BCUT2D eigenvalue weighted by Gasteiger charge is -2.29. The van der Waals surface area contributed by atoms with Gasteiger partial charge >= 0.3 is 0 Å². The fourth-order valence-corrected chi connectivity index (χ4v) is 3.26. The molecule has 1 amide bonds. The van der Waals surface area contributed by atoms with Gasteiger partial charge in [-0.05, 0) is 56.9 Å². The molecule has 27 heavy (non-hydrogen) atoms. The third kappa shape index (κ3) is 4.35. The third-order valence-corrected chi connectivity index (χ3v) is 4.76. The van der Waals surface area contributed by atoms with Crippen molar-refractivity contribution < 1.29 is 23.0 Å². The minimum absolute atomic E-state index is 0.0590. The van der Waals surface area contributed by atoms with E-state index in [1.807, 2.05) is 19.1 Å². The van der Waals surface area contributed by atoms with Gasteiger partial charge in [-0.3, -0.25) is 9.78 Å². The topological polar surface area (TPSA) is 60.5 Å². The maximum atomic E-state index is 14.2. The summed E-state index contributed by atoms with van der Waals surface area (Å²) in [4.78, 5) is 16.6. The summed E-state index contributed by atoms with van der Waals surface area (Å²) in [5.41, 5.74) is 0.617. The summed E-state index contributed by atoms with van der Waals surface area (Å²) in [6, 6.07) is 5.80. The van der Waals surface area contributed by atoms with Gasteiger partial charge < -0.3 is 14.8 Å². The molecule has 0 bridgehead atoms. The number of benzene rings is 1. The van der Waals surface area contributed by atoms with Crippen LogP contribution in [-0.2, 0) is 0 Å². The zero-order chi connectivity index (χ0) is 19.4.